The van der Waals surface area contributed by atoms with Crippen molar-refractivity contribution in [1.82, 2.24) is 0 Å². The largest absolute Gasteiger partial charge is 0.459 e. The number of benzene rings is 1. The van der Waals surface area contributed by atoms with E-state index in [-0.39, 0.29) is 35.4 Å². The van der Waals surface area contributed by atoms with Gasteiger partial charge in [-0.05, 0) is 55.1 Å². The van der Waals surface area contributed by atoms with Crippen LogP contribution in [0, 0.1) is 5.41 Å². The van der Waals surface area contributed by atoms with E-state index in [1.54, 1.807) is 30.3 Å². The molecule has 8 heteroatoms. The van der Waals surface area contributed by atoms with Gasteiger partial charge in [-0.25, -0.2) is 0 Å². The van der Waals surface area contributed by atoms with Gasteiger partial charge in [0.25, 0.3) is 5.91 Å². The van der Waals surface area contributed by atoms with Gasteiger partial charge in [0.1, 0.15) is 0 Å². The summed E-state index contributed by atoms with van der Waals surface area (Å²) in [5, 5.41) is 5.90. The van der Waals surface area contributed by atoms with Gasteiger partial charge in [0.2, 0.25) is 5.91 Å². The fraction of sp³-hybridized carbons (Fsp3) is 0.400. The van der Waals surface area contributed by atoms with Crippen LogP contribution in [-0.2, 0) is 4.79 Å². The zero-order chi connectivity index (χ0) is 19.3. The molecule has 1 aliphatic carbocycles. The summed E-state index contributed by atoms with van der Waals surface area (Å²) < 4.78 is 5.05. The molecule has 0 bridgehead atoms. The van der Waals surface area contributed by atoms with Gasteiger partial charge >= 0.3 is 0 Å². The van der Waals surface area contributed by atoms with Crippen LogP contribution < -0.4 is 16.4 Å². The molecule has 1 heterocycles. The van der Waals surface area contributed by atoms with E-state index >= 15 is 0 Å². The monoisotopic (exact) mass is 425 g/mol. The highest BCUT2D eigenvalue weighted by Gasteiger charge is 2.33. The smallest absolute Gasteiger partial charge is 0.291 e. The van der Waals surface area contributed by atoms with Gasteiger partial charge in [-0.1, -0.05) is 30.9 Å². The number of amides is 2. The van der Waals surface area contributed by atoms with E-state index < -0.39 is 0 Å². The number of hydrogen-bond acceptors (Lipinski definition) is 4. The summed E-state index contributed by atoms with van der Waals surface area (Å²) in [6.45, 7) is 0.527. The number of furan rings is 1. The highest BCUT2D eigenvalue weighted by Crippen LogP contribution is 2.38. The quantitative estimate of drug-likeness (QED) is 0.616. The Hall–Kier alpha value is -2.02. The first kappa shape index (κ1) is 22.3. The van der Waals surface area contributed by atoms with E-state index in [0.29, 0.717) is 29.4 Å². The van der Waals surface area contributed by atoms with Crippen molar-refractivity contribution in [2.45, 2.75) is 38.5 Å². The summed E-state index contributed by atoms with van der Waals surface area (Å²) in [6.07, 6.45) is 7.30. The normalized spacial score (nSPS) is 15.4. The highest BCUT2D eigenvalue weighted by atomic mass is 35.5. The van der Waals surface area contributed by atoms with Crippen molar-refractivity contribution < 1.29 is 14.0 Å². The second-order valence-electron chi connectivity index (χ2n) is 7.12. The Kier molecular flexibility index (Phi) is 7.92. The Balaban J connectivity index is 0.00000280. The summed E-state index contributed by atoms with van der Waals surface area (Å²) in [7, 11) is 0. The van der Waals surface area contributed by atoms with Crippen molar-refractivity contribution in [3.8, 4) is 0 Å². The van der Waals surface area contributed by atoms with E-state index in [1.807, 2.05) is 0 Å². The molecule has 3 rings (SSSR count). The number of carbonyl (C=O) groups is 2. The standard InChI is InChI=1S/C20H24ClN3O3.ClH/c21-15-11-14(6-7-16(15)24-19(26)17-5-4-10-27-17)23-18(25)12-20(13-22)8-2-1-3-9-20;/h4-7,10-11H,1-3,8-9,12-13,22H2,(H,23,25)(H,24,26);1H. The molecule has 2 aromatic rings. The summed E-state index contributed by atoms with van der Waals surface area (Å²) in [5.41, 5.74) is 6.90. The first-order valence-electron chi connectivity index (χ1n) is 9.16. The summed E-state index contributed by atoms with van der Waals surface area (Å²) >= 11 is 6.25. The number of nitrogens with one attached hydrogen (secondary N) is 2. The Labute approximate surface area is 175 Å². The highest BCUT2D eigenvalue weighted by molar-refractivity contribution is 6.34. The fourth-order valence-electron chi connectivity index (χ4n) is 3.59. The van der Waals surface area contributed by atoms with Crippen molar-refractivity contribution in [3.05, 3.63) is 47.4 Å². The van der Waals surface area contributed by atoms with Gasteiger partial charge in [-0.3, -0.25) is 9.59 Å². The molecule has 28 heavy (non-hydrogen) atoms. The van der Waals surface area contributed by atoms with Gasteiger partial charge in [-0.15, -0.1) is 12.4 Å². The van der Waals surface area contributed by atoms with Crippen LogP contribution in [0.25, 0.3) is 0 Å². The van der Waals surface area contributed by atoms with Gasteiger partial charge in [0.15, 0.2) is 5.76 Å². The number of carbonyl (C=O) groups excluding carboxylic acids is 2. The lowest BCUT2D eigenvalue weighted by molar-refractivity contribution is -0.118. The van der Waals surface area contributed by atoms with Crippen LogP contribution in [0.15, 0.2) is 41.0 Å². The molecule has 1 saturated carbocycles. The molecule has 0 radical (unpaired) electrons. The topological polar surface area (TPSA) is 97.4 Å². The van der Waals surface area contributed by atoms with Crippen LogP contribution in [-0.4, -0.2) is 18.4 Å². The van der Waals surface area contributed by atoms with Crippen LogP contribution >= 0.6 is 24.0 Å². The minimum absolute atomic E-state index is 0. The third-order valence-electron chi connectivity index (χ3n) is 5.13. The number of rotatable bonds is 6. The first-order valence-corrected chi connectivity index (χ1v) is 9.53. The zero-order valence-electron chi connectivity index (χ0n) is 15.5. The van der Waals surface area contributed by atoms with Crippen molar-refractivity contribution in [2.75, 3.05) is 17.2 Å². The average molecular weight is 426 g/mol. The molecule has 152 valence electrons. The molecule has 2 amide bonds. The van der Waals surface area contributed by atoms with Crippen molar-refractivity contribution in [2.24, 2.45) is 11.1 Å². The first-order chi connectivity index (χ1) is 13.0. The van der Waals surface area contributed by atoms with Crippen LogP contribution in [0.2, 0.25) is 5.02 Å². The van der Waals surface area contributed by atoms with Crippen LogP contribution in [0.1, 0.15) is 49.1 Å². The third-order valence-corrected chi connectivity index (χ3v) is 5.44. The molecule has 0 spiro atoms. The lowest BCUT2D eigenvalue weighted by Gasteiger charge is -2.35. The molecule has 6 nitrogen and oxygen atoms in total. The second kappa shape index (κ2) is 9.96. The minimum Gasteiger partial charge on any atom is -0.459 e. The zero-order valence-corrected chi connectivity index (χ0v) is 17.1. The number of anilines is 2. The molecule has 0 unspecified atom stereocenters. The lowest BCUT2D eigenvalue weighted by Crippen LogP contribution is -2.36. The number of halogens is 2. The molecule has 0 atom stereocenters. The SMILES string of the molecule is Cl.NCC1(CC(=O)Nc2ccc(NC(=O)c3ccco3)c(Cl)c2)CCCCC1. The summed E-state index contributed by atoms with van der Waals surface area (Å²) in [5.74, 6) is -0.255. The fourth-order valence-corrected chi connectivity index (χ4v) is 3.81. The molecule has 1 aromatic carbocycles. The molecule has 1 fully saturated rings. The third kappa shape index (κ3) is 5.50. The van der Waals surface area contributed by atoms with E-state index in [1.165, 1.54) is 12.7 Å². The van der Waals surface area contributed by atoms with Gasteiger partial charge in [-0.2, -0.15) is 0 Å². The van der Waals surface area contributed by atoms with Crippen LogP contribution in [0.3, 0.4) is 0 Å². The molecule has 1 aliphatic rings. The minimum atomic E-state index is -0.388. The maximum absolute atomic E-state index is 12.5. The maximum atomic E-state index is 12.5. The molecule has 0 saturated heterocycles. The van der Waals surface area contributed by atoms with Crippen molar-refractivity contribution in [3.63, 3.8) is 0 Å². The van der Waals surface area contributed by atoms with E-state index in [4.69, 9.17) is 21.8 Å². The van der Waals surface area contributed by atoms with Gasteiger partial charge < -0.3 is 20.8 Å². The van der Waals surface area contributed by atoms with Crippen LogP contribution in [0.5, 0.6) is 0 Å². The summed E-state index contributed by atoms with van der Waals surface area (Å²) in [4.78, 5) is 24.5. The predicted octanol–water partition coefficient (Wildman–Crippen LogP) is 4.84. The van der Waals surface area contributed by atoms with E-state index in [0.717, 1.165) is 25.7 Å². The van der Waals surface area contributed by atoms with Gasteiger partial charge in [0.05, 0.1) is 17.0 Å². The molecular weight excluding hydrogens is 401 g/mol. The van der Waals surface area contributed by atoms with Crippen molar-refractivity contribution in [1.29, 1.82) is 0 Å². The number of nitrogens with two attached hydrogens (primary N) is 1. The lowest BCUT2D eigenvalue weighted by atomic mass is 9.71. The Morgan fingerprint density at radius 3 is 2.50 bits per heavy atom. The van der Waals surface area contributed by atoms with E-state index in [9.17, 15) is 9.59 Å². The molecule has 1 aromatic heterocycles. The Morgan fingerprint density at radius 2 is 1.89 bits per heavy atom. The number of hydrogen-bond donors (Lipinski definition) is 3. The van der Waals surface area contributed by atoms with Crippen LogP contribution in [0.4, 0.5) is 11.4 Å². The molecule has 4 N–H and O–H groups in total. The Morgan fingerprint density at radius 1 is 1.14 bits per heavy atom. The predicted molar refractivity (Wildman–Crippen MR) is 113 cm³/mol. The second-order valence-corrected chi connectivity index (χ2v) is 7.52. The van der Waals surface area contributed by atoms with Crippen molar-refractivity contribution >= 4 is 47.2 Å². The maximum Gasteiger partial charge on any atom is 0.291 e. The Bertz CT molecular complexity index is 803. The van der Waals surface area contributed by atoms with E-state index in [2.05, 4.69) is 10.6 Å². The summed E-state index contributed by atoms with van der Waals surface area (Å²) in [6, 6.07) is 8.18. The van der Waals surface area contributed by atoms with Gasteiger partial charge in [0, 0.05) is 12.1 Å². The molecular formula is C20H25Cl2N3O3. The average Bonchev–Trinajstić information content (AvgIpc) is 3.19. The molecule has 0 aliphatic heterocycles.